The van der Waals surface area contributed by atoms with Crippen molar-refractivity contribution in [2.75, 3.05) is 11.1 Å². The van der Waals surface area contributed by atoms with E-state index in [-0.39, 0.29) is 5.91 Å². The zero-order chi connectivity index (χ0) is 18.4. The van der Waals surface area contributed by atoms with Crippen LogP contribution in [0.2, 0.25) is 0 Å². The first-order valence-electron chi connectivity index (χ1n) is 8.55. The van der Waals surface area contributed by atoms with Crippen LogP contribution < -0.4 is 5.32 Å². The maximum atomic E-state index is 12.2. The van der Waals surface area contributed by atoms with E-state index in [1.807, 2.05) is 56.3 Å². The molecule has 5 nitrogen and oxygen atoms in total. The number of amides is 1. The zero-order valence-corrected chi connectivity index (χ0v) is 15.8. The Morgan fingerprint density at radius 1 is 1.04 bits per heavy atom. The maximum absolute atomic E-state index is 12.2. The first kappa shape index (κ1) is 18.2. The number of thioether (sulfide) groups is 1. The second-order valence-corrected chi connectivity index (χ2v) is 7.06. The van der Waals surface area contributed by atoms with E-state index < -0.39 is 0 Å². The monoisotopic (exact) mass is 366 g/mol. The molecule has 0 aliphatic rings. The number of benzene rings is 2. The van der Waals surface area contributed by atoms with E-state index >= 15 is 0 Å². The van der Waals surface area contributed by atoms with Crippen molar-refractivity contribution >= 4 is 23.4 Å². The average molecular weight is 366 g/mol. The summed E-state index contributed by atoms with van der Waals surface area (Å²) in [7, 11) is 0. The molecule has 0 aliphatic heterocycles. The van der Waals surface area contributed by atoms with Crippen LogP contribution >= 0.6 is 11.8 Å². The first-order valence-corrected chi connectivity index (χ1v) is 9.53. The largest absolute Gasteiger partial charge is 0.325 e. The lowest BCUT2D eigenvalue weighted by atomic mass is 10.1. The molecule has 2 aromatic carbocycles. The van der Waals surface area contributed by atoms with Crippen molar-refractivity contribution in [3.63, 3.8) is 0 Å². The Balaban J connectivity index is 1.56. The van der Waals surface area contributed by atoms with Crippen LogP contribution in [0.25, 0.3) is 0 Å². The Kier molecular flexibility index (Phi) is 6.07. The molecule has 1 heterocycles. The molecule has 0 aliphatic carbocycles. The van der Waals surface area contributed by atoms with Crippen LogP contribution in [-0.2, 0) is 17.8 Å². The van der Waals surface area contributed by atoms with Crippen LogP contribution in [0.4, 0.5) is 5.69 Å². The van der Waals surface area contributed by atoms with E-state index in [0.717, 1.165) is 29.6 Å². The van der Waals surface area contributed by atoms with E-state index in [4.69, 9.17) is 0 Å². The second kappa shape index (κ2) is 8.67. The number of nitrogens with one attached hydrogen (secondary N) is 1. The summed E-state index contributed by atoms with van der Waals surface area (Å²) in [4.78, 5) is 12.2. The van der Waals surface area contributed by atoms with Gasteiger partial charge in [0.2, 0.25) is 5.91 Å². The van der Waals surface area contributed by atoms with Crippen molar-refractivity contribution in [1.82, 2.24) is 14.8 Å². The van der Waals surface area contributed by atoms with Crippen molar-refractivity contribution in [3.8, 4) is 0 Å². The topological polar surface area (TPSA) is 59.8 Å². The Hall–Kier alpha value is -2.60. The van der Waals surface area contributed by atoms with Gasteiger partial charge in [0.05, 0.1) is 5.75 Å². The zero-order valence-electron chi connectivity index (χ0n) is 15.0. The number of anilines is 1. The molecule has 0 fully saturated rings. The SMILES string of the molecule is Cc1ccc(NC(=O)CSc2nnc(C)n2CCc2ccccc2)cc1. The predicted molar refractivity (Wildman–Crippen MR) is 105 cm³/mol. The van der Waals surface area contributed by atoms with Crippen LogP contribution in [0.1, 0.15) is 17.0 Å². The molecule has 0 saturated carbocycles. The normalized spacial score (nSPS) is 10.7. The molecule has 0 unspecified atom stereocenters. The summed E-state index contributed by atoms with van der Waals surface area (Å²) in [5.74, 6) is 1.12. The van der Waals surface area contributed by atoms with Gasteiger partial charge in [-0.05, 0) is 38.0 Å². The Bertz CT molecular complexity index is 859. The molecule has 26 heavy (non-hydrogen) atoms. The molecule has 1 N–H and O–H groups in total. The van der Waals surface area contributed by atoms with Crippen molar-refractivity contribution in [2.24, 2.45) is 0 Å². The van der Waals surface area contributed by atoms with Gasteiger partial charge in [-0.15, -0.1) is 10.2 Å². The smallest absolute Gasteiger partial charge is 0.234 e. The van der Waals surface area contributed by atoms with Gasteiger partial charge in [0.25, 0.3) is 0 Å². The van der Waals surface area contributed by atoms with Gasteiger partial charge in [0.1, 0.15) is 5.82 Å². The number of hydrogen-bond donors (Lipinski definition) is 1. The number of aryl methyl sites for hydroxylation is 3. The lowest BCUT2D eigenvalue weighted by Crippen LogP contribution is -2.15. The summed E-state index contributed by atoms with van der Waals surface area (Å²) >= 11 is 1.41. The summed E-state index contributed by atoms with van der Waals surface area (Å²) in [5.41, 5.74) is 3.25. The standard InChI is InChI=1S/C20H22N4OS/c1-15-8-10-18(11-9-15)21-19(25)14-26-20-23-22-16(2)24(20)13-12-17-6-4-3-5-7-17/h3-11H,12-14H2,1-2H3,(H,21,25). The highest BCUT2D eigenvalue weighted by molar-refractivity contribution is 7.99. The fourth-order valence-corrected chi connectivity index (χ4v) is 3.39. The van der Waals surface area contributed by atoms with Crippen LogP contribution in [0.15, 0.2) is 59.8 Å². The molecule has 3 rings (SSSR count). The summed E-state index contributed by atoms with van der Waals surface area (Å²) < 4.78 is 2.07. The number of rotatable bonds is 7. The number of carbonyl (C=O) groups is 1. The molecular weight excluding hydrogens is 344 g/mol. The summed E-state index contributed by atoms with van der Waals surface area (Å²) in [6.07, 6.45) is 0.906. The van der Waals surface area contributed by atoms with E-state index in [9.17, 15) is 4.79 Å². The first-order chi connectivity index (χ1) is 12.6. The van der Waals surface area contributed by atoms with Gasteiger partial charge < -0.3 is 9.88 Å². The van der Waals surface area contributed by atoms with Gasteiger partial charge in [-0.25, -0.2) is 0 Å². The minimum absolute atomic E-state index is 0.0471. The molecular formula is C20H22N4OS. The van der Waals surface area contributed by atoms with Crippen LogP contribution in [-0.4, -0.2) is 26.4 Å². The third kappa shape index (κ3) is 4.95. The van der Waals surface area contributed by atoms with Crippen molar-refractivity contribution < 1.29 is 4.79 Å². The number of hydrogen-bond acceptors (Lipinski definition) is 4. The van der Waals surface area contributed by atoms with Crippen LogP contribution in [0.3, 0.4) is 0 Å². The van der Waals surface area contributed by atoms with Gasteiger partial charge in [0, 0.05) is 12.2 Å². The lowest BCUT2D eigenvalue weighted by Gasteiger charge is -2.09. The summed E-state index contributed by atoms with van der Waals surface area (Å²) in [6, 6.07) is 18.1. The third-order valence-electron chi connectivity index (χ3n) is 4.04. The summed E-state index contributed by atoms with van der Waals surface area (Å²) in [6.45, 7) is 4.76. The molecule has 134 valence electrons. The molecule has 6 heteroatoms. The molecule has 0 saturated heterocycles. The van der Waals surface area contributed by atoms with Gasteiger partial charge in [-0.3, -0.25) is 4.79 Å². The minimum atomic E-state index is -0.0471. The van der Waals surface area contributed by atoms with Crippen LogP contribution in [0.5, 0.6) is 0 Å². The van der Waals surface area contributed by atoms with E-state index in [1.165, 1.54) is 22.9 Å². The molecule has 1 amide bonds. The van der Waals surface area contributed by atoms with Crippen LogP contribution in [0, 0.1) is 13.8 Å². The Labute approximate surface area is 157 Å². The lowest BCUT2D eigenvalue weighted by molar-refractivity contribution is -0.113. The third-order valence-corrected chi connectivity index (χ3v) is 5.00. The Morgan fingerprint density at radius 3 is 2.50 bits per heavy atom. The maximum Gasteiger partial charge on any atom is 0.234 e. The molecule has 1 aromatic heterocycles. The van der Waals surface area contributed by atoms with Gasteiger partial charge in [0.15, 0.2) is 5.16 Å². The van der Waals surface area contributed by atoms with Crippen molar-refractivity contribution in [3.05, 3.63) is 71.5 Å². The highest BCUT2D eigenvalue weighted by Gasteiger charge is 2.12. The molecule has 0 spiro atoms. The second-order valence-electron chi connectivity index (χ2n) is 6.12. The molecule has 0 atom stereocenters. The van der Waals surface area contributed by atoms with E-state index in [0.29, 0.717) is 5.75 Å². The number of carbonyl (C=O) groups excluding carboxylic acids is 1. The minimum Gasteiger partial charge on any atom is -0.325 e. The molecule has 0 radical (unpaired) electrons. The number of aromatic nitrogens is 3. The fourth-order valence-electron chi connectivity index (χ4n) is 2.58. The van der Waals surface area contributed by atoms with E-state index in [1.54, 1.807) is 0 Å². The predicted octanol–water partition coefficient (Wildman–Crippen LogP) is 3.87. The summed E-state index contributed by atoms with van der Waals surface area (Å²) in [5, 5.41) is 12.1. The highest BCUT2D eigenvalue weighted by Crippen LogP contribution is 2.18. The number of nitrogens with zero attached hydrogens (tertiary/aromatic N) is 3. The van der Waals surface area contributed by atoms with Crippen molar-refractivity contribution in [2.45, 2.75) is 32.0 Å². The molecule has 3 aromatic rings. The van der Waals surface area contributed by atoms with Gasteiger partial charge in [-0.2, -0.15) is 0 Å². The van der Waals surface area contributed by atoms with E-state index in [2.05, 4.69) is 32.2 Å². The van der Waals surface area contributed by atoms with Gasteiger partial charge in [-0.1, -0.05) is 59.8 Å². The van der Waals surface area contributed by atoms with Crippen molar-refractivity contribution in [1.29, 1.82) is 0 Å². The average Bonchev–Trinajstić information content (AvgIpc) is 3.01. The molecule has 0 bridgehead atoms. The highest BCUT2D eigenvalue weighted by atomic mass is 32.2. The fraction of sp³-hybridized carbons (Fsp3) is 0.250. The quantitative estimate of drug-likeness (QED) is 0.645. The Morgan fingerprint density at radius 2 is 1.77 bits per heavy atom. The van der Waals surface area contributed by atoms with Gasteiger partial charge >= 0.3 is 0 Å².